The molecule has 154 valence electrons. The van der Waals surface area contributed by atoms with Gasteiger partial charge >= 0.3 is 11.8 Å². The molecule has 0 atom stereocenters. The van der Waals surface area contributed by atoms with E-state index in [1.54, 1.807) is 24.3 Å². The van der Waals surface area contributed by atoms with Crippen molar-refractivity contribution in [2.75, 3.05) is 38.5 Å². The van der Waals surface area contributed by atoms with E-state index in [0.717, 1.165) is 0 Å². The molecule has 9 nitrogen and oxygen atoms in total. The van der Waals surface area contributed by atoms with Gasteiger partial charge in [0, 0.05) is 36.8 Å². The van der Waals surface area contributed by atoms with Gasteiger partial charge in [0.05, 0.1) is 22.9 Å². The molecule has 1 fully saturated rings. The number of fused-ring (bicyclic) bond motifs is 1. The summed E-state index contributed by atoms with van der Waals surface area (Å²) in [6, 6.07) is 6.81. The molecule has 0 saturated carbocycles. The maximum Gasteiger partial charge on any atom is 0.315 e. The van der Waals surface area contributed by atoms with E-state index < -0.39 is 21.7 Å². The highest BCUT2D eigenvalue weighted by Crippen LogP contribution is 2.33. The number of amides is 2. The summed E-state index contributed by atoms with van der Waals surface area (Å²) in [6.07, 6.45) is 0. The van der Waals surface area contributed by atoms with Gasteiger partial charge in [0.25, 0.3) is 0 Å². The van der Waals surface area contributed by atoms with Crippen LogP contribution in [0.25, 0.3) is 5.69 Å². The van der Waals surface area contributed by atoms with Gasteiger partial charge in [0.2, 0.25) is 0 Å². The van der Waals surface area contributed by atoms with E-state index in [0.29, 0.717) is 48.1 Å². The molecule has 0 radical (unpaired) electrons. The van der Waals surface area contributed by atoms with E-state index in [1.807, 2.05) is 7.05 Å². The Balaban J connectivity index is 1.65. The lowest BCUT2D eigenvalue weighted by atomic mass is 10.2. The van der Waals surface area contributed by atoms with Gasteiger partial charge in [-0.25, -0.2) is 13.1 Å². The summed E-state index contributed by atoms with van der Waals surface area (Å²) in [7, 11) is -1.37. The van der Waals surface area contributed by atoms with Crippen LogP contribution in [0.2, 0.25) is 5.02 Å². The minimum Gasteiger partial charge on any atom is -0.332 e. The average Bonchev–Trinajstić information content (AvgIpc) is 3.14. The predicted molar refractivity (Wildman–Crippen MR) is 108 cm³/mol. The topological polar surface area (TPSA) is 105 Å². The molecule has 2 aliphatic rings. The molecule has 1 aromatic carbocycles. The molecule has 1 saturated heterocycles. The summed E-state index contributed by atoms with van der Waals surface area (Å²) in [6.45, 7) is 2.30. The minimum atomic E-state index is -3.33. The SMILES string of the molecule is CN1CCN(C(=O)C(=O)Nc2c3c(nn2-c2cccc(Cl)c2)CS(=O)(=O)C3)CC1. The molecular formula is C18H20ClN5O4S. The third-order valence-corrected chi connectivity index (χ3v) is 6.73. The first kappa shape index (κ1) is 19.9. The zero-order valence-corrected chi connectivity index (χ0v) is 17.3. The van der Waals surface area contributed by atoms with Crippen LogP contribution in [-0.2, 0) is 30.9 Å². The lowest BCUT2D eigenvalue weighted by Crippen LogP contribution is -2.50. The summed E-state index contributed by atoms with van der Waals surface area (Å²) in [5, 5.41) is 7.44. The number of sulfone groups is 1. The molecular weight excluding hydrogens is 418 g/mol. The van der Waals surface area contributed by atoms with Crippen molar-refractivity contribution in [2.45, 2.75) is 11.5 Å². The largest absolute Gasteiger partial charge is 0.332 e. The standard InChI is InChI=1S/C18H20ClN5O4S/c1-22-5-7-23(8-6-22)18(26)17(25)20-16-14-10-29(27,28)11-15(14)21-24(16)13-4-2-3-12(19)9-13/h2-4,9H,5-8,10-11H2,1H3,(H,20,25). The molecule has 1 aromatic heterocycles. The van der Waals surface area contributed by atoms with E-state index in [-0.39, 0.29) is 17.3 Å². The van der Waals surface area contributed by atoms with Crippen LogP contribution in [0.15, 0.2) is 24.3 Å². The number of piperazine rings is 1. The molecule has 0 spiro atoms. The Labute approximate surface area is 173 Å². The quantitative estimate of drug-likeness (QED) is 0.692. The van der Waals surface area contributed by atoms with E-state index >= 15 is 0 Å². The van der Waals surface area contributed by atoms with Gasteiger partial charge in [0.15, 0.2) is 9.84 Å². The van der Waals surface area contributed by atoms with Crippen LogP contribution in [0, 0.1) is 0 Å². The zero-order valence-electron chi connectivity index (χ0n) is 15.8. The molecule has 0 aliphatic carbocycles. The first-order chi connectivity index (χ1) is 13.7. The fourth-order valence-corrected chi connectivity index (χ4v) is 5.16. The predicted octanol–water partition coefficient (Wildman–Crippen LogP) is 0.667. The number of carbonyl (C=O) groups is 2. The number of aromatic nitrogens is 2. The smallest absolute Gasteiger partial charge is 0.315 e. The van der Waals surface area contributed by atoms with Gasteiger partial charge in [-0.3, -0.25) is 9.59 Å². The molecule has 1 N–H and O–H groups in total. The summed E-state index contributed by atoms with van der Waals surface area (Å²) in [5.74, 6) is -1.71. The van der Waals surface area contributed by atoms with Crippen LogP contribution in [0.3, 0.4) is 0 Å². The van der Waals surface area contributed by atoms with Gasteiger partial charge in [-0.2, -0.15) is 5.10 Å². The van der Waals surface area contributed by atoms with Gasteiger partial charge in [-0.15, -0.1) is 0 Å². The van der Waals surface area contributed by atoms with Gasteiger partial charge in [0.1, 0.15) is 5.82 Å². The van der Waals surface area contributed by atoms with Crippen LogP contribution < -0.4 is 5.32 Å². The first-order valence-corrected chi connectivity index (χ1v) is 11.3. The molecule has 4 rings (SSSR count). The molecule has 3 heterocycles. The maximum atomic E-state index is 12.7. The number of rotatable bonds is 2. The Morgan fingerprint density at radius 1 is 1.14 bits per heavy atom. The number of hydrogen-bond donors (Lipinski definition) is 1. The van der Waals surface area contributed by atoms with Crippen molar-refractivity contribution in [1.82, 2.24) is 19.6 Å². The van der Waals surface area contributed by atoms with Gasteiger partial charge < -0.3 is 15.1 Å². The summed E-state index contributed by atoms with van der Waals surface area (Å²) >= 11 is 6.07. The van der Waals surface area contributed by atoms with Crippen LogP contribution in [0.4, 0.5) is 5.82 Å². The summed E-state index contributed by atoms with van der Waals surface area (Å²) < 4.78 is 25.5. The van der Waals surface area contributed by atoms with Crippen molar-refractivity contribution in [2.24, 2.45) is 0 Å². The van der Waals surface area contributed by atoms with Crippen LogP contribution in [-0.4, -0.2) is 73.0 Å². The van der Waals surface area contributed by atoms with Gasteiger partial charge in [-0.05, 0) is 25.2 Å². The third kappa shape index (κ3) is 4.00. The van der Waals surface area contributed by atoms with Crippen molar-refractivity contribution in [3.05, 3.63) is 40.5 Å². The number of nitrogens with zero attached hydrogens (tertiary/aromatic N) is 4. The Kier molecular flexibility index (Phi) is 5.09. The minimum absolute atomic E-state index is 0.191. The number of anilines is 1. The Bertz CT molecular complexity index is 1090. The molecule has 2 amide bonds. The average molecular weight is 438 g/mol. The van der Waals surface area contributed by atoms with E-state index in [2.05, 4.69) is 15.3 Å². The number of halogens is 1. The molecule has 2 aliphatic heterocycles. The number of hydrogen-bond acceptors (Lipinski definition) is 6. The molecule has 0 bridgehead atoms. The fraction of sp³-hybridized carbons (Fsp3) is 0.389. The third-order valence-electron chi connectivity index (χ3n) is 5.06. The van der Waals surface area contributed by atoms with E-state index in [1.165, 1.54) is 9.58 Å². The lowest BCUT2D eigenvalue weighted by Gasteiger charge is -2.31. The summed E-state index contributed by atoms with van der Waals surface area (Å²) in [4.78, 5) is 28.8. The monoisotopic (exact) mass is 437 g/mol. The van der Waals surface area contributed by atoms with Crippen molar-refractivity contribution in [3.63, 3.8) is 0 Å². The molecule has 2 aromatic rings. The van der Waals surface area contributed by atoms with Crippen molar-refractivity contribution in [3.8, 4) is 5.69 Å². The van der Waals surface area contributed by atoms with Crippen molar-refractivity contribution < 1.29 is 18.0 Å². The number of carbonyl (C=O) groups excluding carboxylic acids is 2. The second-order valence-electron chi connectivity index (χ2n) is 7.25. The Hall–Kier alpha value is -2.43. The maximum absolute atomic E-state index is 12.7. The molecule has 29 heavy (non-hydrogen) atoms. The van der Waals surface area contributed by atoms with Crippen molar-refractivity contribution in [1.29, 1.82) is 0 Å². The normalized spacial score (nSPS) is 18.5. The Morgan fingerprint density at radius 3 is 2.55 bits per heavy atom. The number of likely N-dealkylation sites (N-methyl/N-ethyl adjacent to an activating group) is 1. The Morgan fingerprint density at radius 2 is 1.86 bits per heavy atom. The van der Waals surface area contributed by atoms with Crippen molar-refractivity contribution >= 4 is 39.1 Å². The van der Waals surface area contributed by atoms with E-state index in [4.69, 9.17) is 11.6 Å². The van der Waals surface area contributed by atoms with Crippen LogP contribution in [0.5, 0.6) is 0 Å². The highest BCUT2D eigenvalue weighted by molar-refractivity contribution is 7.90. The lowest BCUT2D eigenvalue weighted by molar-refractivity contribution is -0.144. The number of nitrogens with one attached hydrogen (secondary N) is 1. The highest BCUT2D eigenvalue weighted by atomic mass is 35.5. The second-order valence-corrected chi connectivity index (χ2v) is 9.75. The summed E-state index contributed by atoms with van der Waals surface area (Å²) in [5.41, 5.74) is 1.34. The molecule has 0 unspecified atom stereocenters. The molecule has 11 heteroatoms. The van der Waals surface area contributed by atoms with Gasteiger partial charge in [-0.1, -0.05) is 17.7 Å². The number of benzene rings is 1. The fourth-order valence-electron chi connectivity index (χ4n) is 3.48. The highest BCUT2D eigenvalue weighted by Gasteiger charge is 2.34. The van der Waals surface area contributed by atoms with Crippen LogP contribution in [0.1, 0.15) is 11.3 Å². The zero-order chi connectivity index (χ0) is 20.8. The van der Waals surface area contributed by atoms with Crippen LogP contribution >= 0.6 is 11.6 Å². The van der Waals surface area contributed by atoms with E-state index in [9.17, 15) is 18.0 Å². The second kappa shape index (κ2) is 7.43. The first-order valence-electron chi connectivity index (χ1n) is 9.09.